The summed E-state index contributed by atoms with van der Waals surface area (Å²) in [5, 5.41) is 3.01. The van der Waals surface area contributed by atoms with Gasteiger partial charge in [0.2, 0.25) is 0 Å². The Morgan fingerprint density at radius 2 is 1.90 bits per heavy atom. The maximum atomic E-state index is 13.7. The van der Waals surface area contributed by atoms with Crippen LogP contribution in [0.4, 0.5) is 20.4 Å². The summed E-state index contributed by atoms with van der Waals surface area (Å²) in [6.45, 7) is 0.619. The molecule has 0 unspecified atom stereocenters. The van der Waals surface area contributed by atoms with Crippen molar-refractivity contribution in [3.63, 3.8) is 0 Å². The number of nitrogens with one attached hydrogen (secondary N) is 2. The lowest BCUT2D eigenvalue weighted by Crippen LogP contribution is -2.36. The van der Waals surface area contributed by atoms with E-state index in [4.69, 9.17) is 5.84 Å². The second-order valence-corrected chi connectivity index (χ2v) is 6.37. The van der Waals surface area contributed by atoms with Gasteiger partial charge in [-0.05, 0) is 19.1 Å². The van der Waals surface area contributed by atoms with E-state index >= 15 is 0 Å². The van der Waals surface area contributed by atoms with E-state index in [1.807, 2.05) is 0 Å². The molecule has 0 aromatic carbocycles. The average molecular weight is 302 g/mol. The van der Waals surface area contributed by atoms with Crippen LogP contribution in [0.5, 0.6) is 0 Å². The van der Waals surface area contributed by atoms with E-state index in [1.54, 1.807) is 11.8 Å². The fraction of sp³-hybridized carbons (Fsp3) is 0.615. The minimum atomic E-state index is -0.798. The van der Waals surface area contributed by atoms with Crippen LogP contribution in [0.2, 0.25) is 0 Å². The lowest BCUT2D eigenvalue weighted by Gasteiger charge is -2.36. The van der Waals surface area contributed by atoms with Crippen LogP contribution in [0, 0.1) is 11.6 Å². The smallest absolute Gasteiger partial charge is 0.178 e. The number of aromatic nitrogens is 1. The molecule has 2 rings (SSSR count). The lowest BCUT2D eigenvalue weighted by molar-refractivity contribution is 0.410. The van der Waals surface area contributed by atoms with Gasteiger partial charge in [0, 0.05) is 17.4 Å². The van der Waals surface area contributed by atoms with Gasteiger partial charge in [-0.15, -0.1) is 0 Å². The zero-order valence-corrected chi connectivity index (χ0v) is 12.3. The number of hydrazine groups is 1. The van der Waals surface area contributed by atoms with Gasteiger partial charge < -0.3 is 10.7 Å². The first-order valence-corrected chi connectivity index (χ1v) is 7.94. The molecule has 1 aliphatic carbocycles. The van der Waals surface area contributed by atoms with Crippen LogP contribution in [0.15, 0.2) is 6.07 Å². The van der Waals surface area contributed by atoms with Crippen molar-refractivity contribution in [1.82, 2.24) is 4.98 Å². The predicted molar refractivity (Wildman–Crippen MR) is 79.8 cm³/mol. The first-order valence-electron chi connectivity index (χ1n) is 6.72. The first-order chi connectivity index (χ1) is 9.60. The van der Waals surface area contributed by atoms with E-state index in [0.29, 0.717) is 6.54 Å². The summed E-state index contributed by atoms with van der Waals surface area (Å²) >= 11 is 1.80. The Morgan fingerprint density at radius 3 is 2.50 bits per heavy atom. The molecule has 1 heterocycles. The highest BCUT2D eigenvalue weighted by molar-refractivity contribution is 8.00. The van der Waals surface area contributed by atoms with E-state index in [-0.39, 0.29) is 16.4 Å². The number of rotatable bonds is 5. The molecule has 0 atom stereocenters. The number of hydrogen-bond donors (Lipinski definition) is 3. The Hall–Kier alpha value is -1.08. The number of pyridine rings is 1. The second kappa shape index (κ2) is 6.58. The molecule has 0 spiro atoms. The number of halogens is 2. The quantitative estimate of drug-likeness (QED) is 0.576. The minimum Gasteiger partial charge on any atom is -0.366 e. The van der Waals surface area contributed by atoms with E-state index < -0.39 is 11.6 Å². The zero-order valence-electron chi connectivity index (χ0n) is 11.5. The van der Waals surface area contributed by atoms with Crippen LogP contribution in [0.3, 0.4) is 0 Å². The van der Waals surface area contributed by atoms with Crippen LogP contribution in [-0.4, -0.2) is 22.5 Å². The standard InChI is InChI=1S/C13H20F2N4S/c1-20-13(5-3-2-4-6-13)8-17-11-9(14)7-10(15)12(18-11)19-16/h7H,2-6,8,16H2,1H3,(H2,17,18,19). The third kappa shape index (κ3) is 3.32. The molecule has 0 bridgehead atoms. The summed E-state index contributed by atoms with van der Waals surface area (Å²) in [7, 11) is 0. The Morgan fingerprint density at radius 1 is 1.25 bits per heavy atom. The molecule has 0 radical (unpaired) electrons. The van der Waals surface area contributed by atoms with Gasteiger partial charge in [0.05, 0.1) is 0 Å². The number of anilines is 2. The maximum Gasteiger partial charge on any atom is 0.178 e. The van der Waals surface area contributed by atoms with Crippen molar-refractivity contribution >= 4 is 23.4 Å². The third-order valence-corrected chi connectivity index (χ3v) is 5.26. The van der Waals surface area contributed by atoms with Crippen molar-refractivity contribution in [3.05, 3.63) is 17.7 Å². The van der Waals surface area contributed by atoms with Crippen molar-refractivity contribution in [1.29, 1.82) is 0 Å². The van der Waals surface area contributed by atoms with Crippen LogP contribution < -0.4 is 16.6 Å². The molecule has 1 aromatic rings. The second-order valence-electron chi connectivity index (χ2n) is 5.09. The molecule has 7 heteroatoms. The summed E-state index contributed by atoms with van der Waals surface area (Å²) in [4.78, 5) is 3.83. The van der Waals surface area contributed by atoms with E-state index in [9.17, 15) is 8.78 Å². The van der Waals surface area contributed by atoms with E-state index in [1.165, 1.54) is 19.3 Å². The largest absolute Gasteiger partial charge is 0.366 e. The average Bonchev–Trinajstić information content (AvgIpc) is 2.47. The molecule has 0 saturated heterocycles. The fourth-order valence-corrected chi connectivity index (χ4v) is 3.50. The molecule has 112 valence electrons. The van der Waals surface area contributed by atoms with Gasteiger partial charge in [-0.25, -0.2) is 19.6 Å². The number of nitrogens with two attached hydrogens (primary N) is 1. The molecule has 1 aliphatic rings. The molecule has 1 aromatic heterocycles. The monoisotopic (exact) mass is 302 g/mol. The molecule has 0 aliphatic heterocycles. The number of thioether (sulfide) groups is 1. The van der Waals surface area contributed by atoms with Crippen molar-refractivity contribution in [2.75, 3.05) is 23.5 Å². The van der Waals surface area contributed by atoms with Crippen molar-refractivity contribution in [3.8, 4) is 0 Å². The van der Waals surface area contributed by atoms with E-state index in [2.05, 4.69) is 22.0 Å². The highest BCUT2D eigenvalue weighted by Crippen LogP contribution is 2.38. The topological polar surface area (TPSA) is 63.0 Å². The highest BCUT2D eigenvalue weighted by atomic mass is 32.2. The molecule has 1 fully saturated rings. The Bertz CT molecular complexity index is 464. The van der Waals surface area contributed by atoms with Gasteiger partial charge in [-0.1, -0.05) is 19.3 Å². The van der Waals surface area contributed by atoms with Crippen molar-refractivity contribution < 1.29 is 8.78 Å². The molecule has 0 amide bonds. The van der Waals surface area contributed by atoms with Crippen LogP contribution in [-0.2, 0) is 0 Å². The van der Waals surface area contributed by atoms with Crippen LogP contribution in [0.25, 0.3) is 0 Å². The Balaban J connectivity index is 2.09. The summed E-state index contributed by atoms with van der Waals surface area (Å²) in [5.74, 6) is 3.54. The van der Waals surface area contributed by atoms with Gasteiger partial charge in [0.1, 0.15) is 0 Å². The number of nitrogens with zero attached hydrogens (tertiary/aromatic N) is 1. The number of nitrogen functional groups attached to an aromatic ring is 1. The van der Waals surface area contributed by atoms with E-state index in [0.717, 1.165) is 18.9 Å². The zero-order chi connectivity index (χ0) is 14.6. The van der Waals surface area contributed by atoms with Crippen LogP contribution >= 0.6 is 11.8 Å². The highest BCUT2D eigenvalue weighted by Gasteiger charge is 2.31. The summed E-state index contributed by atoms with van der Waals surface area (Å²) in [6, 6.07) is 0.789. The first kappa shape index (κ1) is 15.3. The Kier molecular flexibility index (Phi) is 5.04. The molecule has 4 nitrogen and oxygen atoms in total. The Labute approximate surface area is 121 Å². The predicted octanol–water partition coefficient (Wildman–Crippen LogP) is 3.12. The molecule has 1 saturated carbocycles. The summed E-state index contributed by atoms with van der Waals surface area (Å²) in [6.07, 6.45) is 7.92. The SMILES string of the molecule is CSC1(CNc2nc(NN)c(F)cc2F)CCCCC1. The van der Waals surface area contributed by atoms with Crippen molar-refractivity contribution in [2.45, 2.75) is 36.9 Å². The number of hydrogen-bond acceptors (Lipinski definition) is 5. The maximum absolute atomic E-state index is 13.7. The summed E-state index contributed by atoms with van der Waals surface area (Å²) < 4.78 is 27.1. The lowest BCUT2D eigenvalue weighted by atomic mass is 9.88. The van der Waals surface area contributed by atoms with Crippen molar-refractivity contribution in [2.24, 2.45) is 5.84 Å². The molecular weight excluding hydrogens is 282 g/mol. The minimum absolute atomic E-state index is 0.0401. The van der Waals surface area contributed by atoms with Gasteiger partial charge in [-0.2, -0.15) is 11.8 Å². The third-order valence-electron chi connectivity index (χ3n) is 3.84. The molecule has 20 heavy (non-hydrogen) atoms. The molecule has 4 N–H and O–H groups in total. The summed E-state index contributed by atoms with van der Waals surface area (Å²) in [5.41, 5.74) is 2.13. The van der Waals surface area contributed by atoms with Gasteiger partial charge in [0.25, 0.3) is 0 Å². The molecular formula is C13H20F2N4S. The van der Waals surface area contributed by atoms with Gasteiger partial charge in [0.15, 0.2) is 23.3 Å². The fourth-order valence-electron chi connectivity index (χ4n) is 2.59. The van der Waals surface area contributed by atoms with Gasteiger partial charge in [-0.3, -0.25) is 0 Å². The van der Waals surface area contributed by atoms with Gasteiger partial charge >= 0.3 is 0 Å². The van der Waals surface area contributed by atoms with Crippen LogP contribution in [0.1, 0.15) is 32.1 Å². The normalized spacial score (nSPS) is 17.8.